The summed E-state index contributed by atoms with van der Waals surface area (Å²) in [5, 5.41) is 0. The molecule has 104 valence electrons. The molecule has 0 saturated heterocycles. The molecule has 5 nitrogen and oxygen atoms in total. The predicted molar refractivity (Wildman–Crippen MR) is 72.5 cm³/mol. The molecule has 0 radical (unpaired) electrons. The van der Waals surface area contributed by atoms with E-state index in [2.05, 4.69) is 15.0 Å². The van der Waals surface area contributed by atoms with Crippen LogP contribution in [-0.4, -0.2) is 38.6 Å². The third kappa shape index (κ3) is 2.79. The van der Waals surface area contributed by atoms with Gasteiger partial charge >= 0.3 is 0 Å². The first-order valence-electron chi connectivity index (χ1n) is 6.31. The fourth-order valence-corrected chi connectivity index (χ4v) is 1.92. The molecule has 0 aliphatic carbocycles. The Bertz CT molecular complexity index is 589. The van der Waals surface area contributed by atoms with E-state index in [1.165, 1.54) is 13.3 Å². The maximum absolute atomic E-state index is 13.5. The van der Waals surface area contributed by atoms with Crippen LogP contribution in [0.4, 0.5) is 4.39 Å². The number of hydrogen-bond acceptors (Lipinski definition) is 4. The lowest BCUT2D eigenvalue weighted by Gasteiger charge is -2.23. The van der Waals surface area contributed by atoms with Gasteiger partial charge in [-0.25, -0.2) is 14.4 Å². The molecule has 0 aliphatic heterocycles. The molecule has 2 aromatic rings. The number of carbonyl (C=O) groups excluding carboxylic acids is 1. The monoisotopic (exact) mass is 274 g/mol. The summed E-state index contributed by atoms with van der Waals surface area (Å²) in [6.07, 6.45) is 3.17. The highest BCUT2D eigenvalue weighted by Gasteiger charge is 2.23. The molecule has 0 fully saturated rings. The standard InChI is InChI=1S/C14H15FN4O/c1-3-19(10(2)15)14(20)11-5-4-7-17-13(11)12-6-8-16-9-18-12/h4-10H,3H2,1-2H3. The van der Waals surface area contributed by atoms with Gasteiger partial charge in [0.2, 0.25) is 0 Å². The molecule has 2 aromatic heterocycles. The smallest absolute Gasteiger partial charge is 0.258 e. The summed E-state index contributed by atoms with van der Waals surface area (Å²) < 4.78 is 13.5. The van der Waals surface area contributed by atoms with Crippen LogP contribution in [0.5, 0.6) is 0 Å². The van der Waals surface area contributed by atoms with E-state index in [-0.39, 0.29) is 6.54 Å². The summed E-state index contributed by atoms with van der Waals surface area (Å²) in [7, 11) is 0. The van der Waals surface area contributed by atoms with E-state index >= 15 is 0 Å². The molecule has 0 N–H and O–H groups in total. The Morgan fingerprint density at radius 3 is 2.75 bits per heavy atom. The molecular formula is C14H15FN4O. The van der Waals surface area contributed by atoms with Crippen LogP contribution in [0.25, 0.3) is 11.4 Å². The highest BCUT2D eigenvalue weighted by atomic mass is 19.1. The molecule has 2 rings (SSSR count). The van der Waals surface area contributed by atoms with E-state index in [4.69, 9.17) is 0 Å². The second-order valence-electron chi connectivity index (χ2n) is 4.16. The Kier molecular flexibility index (Phi) is 4.34. The number of halogens is 1. The van der Waals surface area contributed by atoms with Crippen molar-refractivity contribution in [2.75, 3.05) is 6.54 Å². The lowest BCUT2D eigenvalue weighted by atomic mass is 10.1. The normalized spacial score (nSPS) is 11.9. The lowest BCUT2D eigenvalue weighted by Crippen LogP contribution is -2.36. The number of hydrogen-bond donors (Lipinski definition) is 0. The summed E-state index contributed by atoms with van der Waals surface area (Å²) in [4.78, 5) is 25.7. The molecule has 2 heterocycles. The van der Waals surface area contributed by atoms with E-state index in [1.54, 1.807) is 37.5 Å². The summed E-state index contributed by atoms with van der Waals surface area (Å²) in [5.74, 6) is -0.399. The first-order valence-corrected chi connectivity index (χ1v) is 6.31. The minimum atomic E-state index is -1.36. The number of carbonyl (C=O) groups is 1. The predicted octanol–water partition coefficient (Wildman–Crippen LogP) is 2.32. The number of nitrogens with zero attached hydrogens (tertiary/aromatic N) is 4. The Morgan fingerprint density at radius 2 is 2.15 bits per heavy atom. The molecule has 0 bridgehead atoms. The van der Waals surface area contributed by atoms with Crippen molar-refractivity contribution >= 4 is 5.91 Å². The van der Waals surface area contributed by atoms with Crippen LogP contribution in [0.15, 0.2) is 36.9 Å². The zero-order chi connectivity index (χ0) is 14.5. The molecule has 0 aromatic carbocycles. The van der Waals surface area contributed by atoms with E-state index in [1.807, 2.05) is 0 Å². The number of aromatic nitrogens is 3. The van der Waals surface area contributed by atoms with Crippen LogP contribution in [-0.2, 0) is 0 Å². The van der Waals surface area contributed by atoms with Gasteiger partial charge in [0.25, 0.3) is 5.91 Å². The summed E-state index contributed by atoms with van der Waals surface area (Å²) >= 11 is 0. The van der Waals surface area contributed by atoms with E-state index in [0.29, 0.717) is 17.0 Å². The Balaban J connectivity index is 2.45. The number of amides is 1. The summed E-state index contributed by atoms with van der Waals surface area (Å²) in [6.45, 7) is 3.35. The molecule has 1 amide bonds. The van der Waals surface area contributed by atoms with Crippen molar-refractivity contribution in [3.63, 3.8) is 0 Å². The zero-order valence-electron chi connectivity index (χ0n) is 11.3. The minimum absolute atomic E-state index is 0.286. The second-order valence-corrected chi connectivity index (χ2v) is 4.16. The van der Waals surface area contributed by atoms with Gasteiger partial charge in [-0.1, -0.05) is 0 Å². The number of pyridine rings is 1. The van der Waals surface area contributed by atoms with Crippen molar-refractivity contribution in [1.29, 1.82) is 0 Å². The molecule has 0 aliphatic rings. The van der Waals surface area contributed by atoms with Crippen molar-refractivity contribution in [1.82, 2.24) is 19.9 Å². The maximum Gasteiger partial charge on any atom is 0.258 e. The largest absolute Gasteiger partial charge is 0.309 e. The van der Waals surface area contributed by atoms with Crippen LogP contribution in [0.2, 0.25) is 0 Å². The van der Waals surface area contributed by atoms with E-state index in [9.17, 15) is 9.18 Å². The van der Waals surface area contributed by atoms with E-state index in [0.717, 1.165) is 4.90 Å². The van der Waals surface area contributed by atoms with Crippen LogP contribution in [0.1, 0.15) is 24.2 Å². The van der Waals surface area contributed by atoms with Gasteiger partial charge in [0.1, 0.15) is 12.0 Å². The van der Waals surface area contributed by atoms with Crippen molar-refractivity contribution in [2.45, 2.75) is 20.1 Å². The van der Waals surface area contributed by atoms with Gasteiger partial charge < -0.3 is 4.90 Å². The average Bonchev–Trinajstić information content (AvgIpc) is 2.48. The first kappa shape index (κ1) is 14.0. The number of alkyl halides is 1. The van der Waals surface area contributed by atoms with Crippen LogP contribution in [0, 0.1) is 0 Å². The molecule has 1 atom stereocenters. The molecule has 0 spiro atoms. The van der Waals surface area contributed by atoms with Gasteiger partial charge in [-0.15, -0.1) is 0 Å². The zero-order valence-corrected chi connectivity index (χ0v) is 11.3. The maximum atomic E-state index is 13.5. The van der Waals surface area contributed by atoms with Crippen molar-refractivity contribution in [2.24, 2.45) is 0 Å². The Hall–Kier alpha value is -2.37. The van der Waals surface area contributed by atoms with Gasteiger partial charge in [0, 0.05) is 18.9 Å². The molecule has 0 saturated carbocycles. The van der Waals surface area contributed by atoms with Gasteiger partial charge in [-0.05, 0) is 32.0 Å². The van der Waals surface area contributed by atoms with Gasteiger partial charge in [0.05, 0.1) is 11.3 Å². The fraction of sp³-hybridized carbons (Fsp3) is 0.286. The van der Waals surface area contributed by atoms with Gasteiger partial charge in [-0.3, -0.25) is 9.78 Å². The first-order chi connectivity index (χ1) is 9.65. The van der Waals surface area contributed by atoms with E-state index < -0.39 is 12.2 Å². The van der Waals surface area contributed by atoms with Crippen molar-refractivity contribution < 1.29 is 9.18 Å². The highest BCUT2D eigenvalue weighted by Crippen LogP contribution is 2.20. The SMILES string of the molecule is CCN(C(=O)c1cccnc1-c1ccncn1)C(C)F. The van der Waals surface area contributed by atoms with Crippen LogP contribution in [0.3, 0.4) is 0 Å². The van der Waals surface area contributed by atoms with Crippen LogP contribution < -0.4 is 0 Å². The average molecular weight is 274 g/mol. The van der Waals surface area contributed by atoms with Gasteiger partial charge in [-0.2, -0.15) is 0 Å². The third-order valence-electron chi connectivity index (χ3n) is 2.89. The highest BCUT2D eigenvalue weighted by molar-refractivity contribution is 5.99. The second kappa shape index (κ2) is 6.18. The van der Waals surface area contributed by atoms with Gasteiger partial charge in [0.15, 0.2) is 6.30 Å². The quantitative estimate of drug-likeness (QED) is 0.803. The van der Waals surface area contributed by atoms with Crippen molar-refractivity contribution in [3.8, 4) is 11.4 Å². The number of rotatable bonds is 4. The topological polar surface area (TPSA) is 59.0 Å². The Labute approximate surface area is 116 Å². The Morgan fingerprint density at radius 1 is 1.35 bits per heavy atom. The molecule has 1 unspecified atom stereocenters. The van der Waals surface area contributed by atoms with Crippen LogP contribution >= 0.6 is 0 Å². The molecule has 20 heavy (non-hydrogen) atoms. The van der Waals surface area contributed by atoms with Crippen molar-refractivity contribution in [3.05, 3.63) is 42.5 Å². The summed E-state index contributed by atoms with van der Waals surface area (Å²) in [6, 6.07) is 4.93. The minimum Gasteiger partial charge on any atom is -0.309 e. The lowest BCUT2D eigenvalue weighted by molar-refractivity contribution is 0.0528. The molecular weight excluding hydrogens is 259 g/mol. The summed E-state index contributed by atoms with van der Waals surface area (Å²) in [5.41, 5.74) is 1.29. The molecule has 6 heteroatoms. The fourth-order valence-electron chi connectivity index (χ4n) is 1.92. The third-order valence-corrected chi connectivity index (χ3v) is 2.89.